The predicted octanol–water partition coefficient (Wildman–Crippen LogP) is 3.39. The number of anilines is 1. The summed E-state index contributed by atoms with van der Waals surface area (Å²) in [5, 5.41) is 0. The lowest BCUT2D eigenvalue weighted by molar-refractivity contribution is 0.295. The van der Waals surface area contributed by atoms with Gasteiger partial charge in [-0.25, -0.2) is 4.39 Å². The van der Waals surface area contributed by atoms with Gasteiger partial charge in [0.2, 0.25) is 0 Å². The van der Waals surface area contributed by atoms with Gasteiger partial charge in [-0.3, -0.25) is 0 Å². The molecule has 0 spiro atoms. The number of hydrogen-bond acceptors (Lipinski definition) is 3. The highest BCUT2D eigenvalue weighted by Gasteiger charge is 2.10. The summed E-state index contributed by atoms with van der Waals surface area (Å²) in [6.07, 6.45) is 0. The van der Waals surface area contributed by atoms with Gasteiger partial charge in [0.05, 0.1) is 12.3 Å². The topological polar surface area (TPSA) is 44.5 Å². The van der Waals surface area contributed by atoms with E-state index in [2.05, 4.69) is 0 Å². The fourth-order valence-electron chi connectivity index (χ4n) is 1.68. The van der Waals surface area contributed by atoms with Crippen molar-refractivity contribution in [3.05, 3.63) is 53.8 Å². The van der Waals surface area contributed by atoms with Gasteiger partial charge in [0.1, 0.15) is 12.4 Å². The third kappa shape index (κ3) is 3.37. The fraction of sp³-hybridized carbons (Fsp3) is 0.200. The molecule has 0 heterocycles. The maximum Gasteiger partial charge on any atom is 0.167 e. The first-order valence-electron chi connectivity index (χ1n) is 6.09. The maximum absolute atomic E-state index is 13.5. The largest absolute Gasteiger partial charge is 0.491 e. The number of nitrogen functional groups attached to an aromatic ring is 1. The molecule has 0 aliphatic heterocycles. The van der Waals surface area contributed by atoms with Gasteiger partial charge in [-0.1, -0.05) is 30.3 Å². The van der Waals surface area contributed by atoms with Crippen molar-refractivity contribution in [1.82, 2.24) is 0 Å². The predicted molar refractivity (Wildman–Crippen MR) is 72.8 cm³/mol. The minimum Gasteiger partial charge on any atom is -0.491 e. The van der Waals surface area contributed by atoms with Gasteiger partial charge in [0.25, 0.3) is 0 Å². The van der Waals surface area contributed by atoms with Crippen LogP contribution >= 0.6 is 0 Å². The molecule has 0 aromatic heterocycles. The Balaban J connectivity index is 2.13. The molecule has 19 heavy (non-hydrogen) atoms. The van der Waals surface area contributed by atoms with Gasteiger partial charge in [-0.05, 0) is 12.5 Å². The van der Waals surface area contributed by atoms with Crippen molar-refractivity contribution in [2.45, 2.75) is 13.5 Å². The molecule has 0 unspecified atom stereocenters. The molecule has 4 heteroatoms. The van der Waals surface area contributed by atoms with Crippen LogP contribution in [0.15, 0.2) is 42.5 Å². The second-order valence-electron chi connectivity index (χ2n) is 4.03. The van der Waals surface area contributed by atoms with Gasteiger partial charge < -0.3 is 15.2 Å². The van der Waals surface area contributed by atoms with E-state index in [-0.39, 0.29) is 11.4 Å². The Morgan fingerprint density at radius 1 is 1.05 bits per heavy atom. The van der Waals surface area contributed by atoms with E-state index in [1.165, 1.54) is 12.1 Å². The van der Waals surface area contributed by atoms with E-state index in [0.717, 1.165) is 5.56 Å². The van der Waals surface area contributed by atoms with Crippen LogP contribution in [0.4, 0.5) is 10.1 Å². The smallest absolute Gasteiger partial charge is 0.167 e. The highest BCUT2D eigenvalue weighted by molar-refractivity contribution is 5.56. The molecule has 2 N–H and O–H groups in total. The van der Waals surface area contributed by atoms with Gasteiger partial charge in [-0.15, -0.1) is 0 Å². The Morgan fingerprint density at radius 2 is 1.79 bits per heavy atom. The zero-order valence-corrected chi connectivity index (χ0v) is 10.7. The summed E-state index contributed by atoms with van der Waals surface area (Å²) in [7, 11) is 0. The number of ether oxygens (including phenoxy) is 2. The molecule has 100 valence electrons. The zero-order chi connectivity index (χ0) is 13.7. The summed E-state index contributed by atoms with van der Waals surface area (Å²) in [6, 6.07) is 12.4. The minimum absolute atomic E-state index is 0.153. The molecule has 0 saturated carbocycles. The van der Waals surface area contributed by atoms with Crippen LogP contribution in [0.25, 0.3) is 0 Å². The molecule has 2 rings (SSSR count). The van der Waals surface area contributed by atoms with E-state index in [1.807, 2.05) is 30.3 Å². The van der Waals surface area contributed by atoms with Crippen molar-refractivity contribution in [3.8, 4) is 11.5 Å². The van der Waals surface area contributed by atoms with E-state index in [9.17, 15) is 4.39 Å². The van der Waals surface area contributed by atoms with E-state index in [1.54, 1.807) is 6.92 Å². The van der Waals surface area contributed by atoms with Gasteiger partial charge in [0, 0.05) is 12.1 Å². The van der Waals surface area contributed by atoms with Crippen LogP contribution in [0.5, 0.6) is 11.5 Å². The van der Waals surface area contributed by atoms with Crippen LogP contribution in [0.2, 0.25) is 0 Å². The second-order valence-corrected chi connectivity index (χ2v) is 4.03. The lowest BCUT2D eigenvalue weighted by Gasteiger charge is -2.12. The molecule has 0 aliphatic rings. The van der Waals surface area contributed by atoms with Crippen LogP contribution in [-0.4, -0.2) is 6.61 Å². The molecule has 0 radical (unpaired) electrons. The molecule has 0 amide bonds. The highest BCUT2D eigenvalue weighted by atomic mass is 19.1. The lowest BCUT2D eigenvalue weighted by Crippen LogP contribution is -2.01. The van der Waals surface area contributed by atoms with Gasteiger partial charge in [-0.2, -0.15) is 0 Å². The Labute approximate surface area is 111 Å². The number of rotatable bonds is 5. The van der Waals surface area contributed by atoms with Crippen molar-refractivity contribution < 1.29 is 13.9 Å². The summed E-state index contributed by atoms with van der Waals surface area (Å²) in [6.45, 7) is 2.56. The van der Waals surface area contributed by atoms with Crippen molar-refractivity contribution in [3.63, 3.8) is 0 Å². The molecule has 0 fully saturated rings. The highest BCUT2D eigenvalue weighted by Crippen LogP contribution is 2.30. The van der Waals surface area contributed by atoms with Crippen LogP contribution < -0.4 is 15.2 Å². The summed E-state index contributed by atoms with van der Waals surface area (Å²) in [4.78, 5) is 0. The summed E-state index contributed by atoms with van der Waals surface area (Å²) in [5.41, 5.74) is 7.01. The van der Waals surface area contributed by atoms with E-state index < -0.39 is 5.82 Å². The van der Waals surface area contributed by atoms with Crippen LogP contribution in [-0.2, 0) is 6.61 Å². The quantitative estimate of drug-likeness (QED) is 0.839. The molecule has 2 aromatic carbocycles. The Hall–Kier alpha value is -2.23. The number of benzene rings is 2. The molecule has 0 saturated heterocycles. The maximum atomic E-state index is 13.5. The Bertz CT molecular complexity index is 543. The van der Waals surface area contributed by atoms with Crippen molar-refractivity contribution >= 4 is 5.69 Å². The van der Waals surface area contributed by atoms with E-state index >= 15 is 0 Å². The summed E-state index contributed by atoms with van der Waals surface area (Å²) in [5.74, 6) is 0.0971. The third-order valence-electron chi connectivity index (χ3n) is 2.60. The molecular formula is C15H16FNO2. The van der Waals surface area contributed by atoms with Gasteiger partial charge in [0.15, 0.2) is 11.6 Å². The SMILES string of the molecule is CCOc1cc(OCc2ccccc2)c(N)cc1F. The summed E-state index contributed by atoms with van der Waals surface area (Å²) >= 11 is 0. The molecule has 0 atom stereocenters. The first-order valence-corrected chi connectivity index (χ1v) is 6.09. The Kier molecular flexibility index (Phi) is 4.23. The van der Waals surface area contributed by atoms with Gasteiger partial charge >= 0.3 is 0 Å². The number of hydrogen-bond donors (Lipinski definition) is 1. The monoisotopic (exact) mass is 261 g/mol. The van der Waals surface area contributed by atoms with Crippen molar-refractivity contribution in [2.75, 3.05) is 12.3 Å². The average molecular weight is 261 g/mol. The van der Waals surface area contributed by atoms with Crippen LogP contribution in [0.3, 0.4) is 0 Å². The van der Waals surface area contributed by atoms with Crippen LogP contribution in [0.1, 0.15) is 12.5 Å². The summed E-state index contributed by atoms with van der Waals surface area (Å²) < 4.78 is 24.3. The van der Waals surface area contributed by atoms with Crippen molar-refractivity contribution in [1.29, 1.82) is 0 Å². The van der Waals surface area contributed by atoms with Crippen molar-refractivity contribution in [2.24, 2.45) is 0 Å². The van der Waals surface area contributed by atoms with Crippen LogP contribution in [0, 0.1) is 5.82 Å². The van der Waals surface area contributed by atoms with E-state index in [4.69, 9.17) is 15.2 Å². The third-order valence-corrected chi connectivity index (χ3v) is 2.60. The molecule has 2 aromatic rings. The number of halogens is 1. The first kappa shape index (κ1) is 13.2. The Morgan fingerprint density at radius 3 is 2.47 bits per heavy atom. The zero-order valence-electron chi connectivity index (χ0n) is 10.7. The average Bonchev–Trinajstić information content (AvgIpc) is 2.42. The second kappa shape index (κ2) is 6.09. The fourth-order valence-corrected chi connectivity index (χ4v) is 1.68. The minimum atomic E-state index is -0.480. The lowest BCUT2D eigenvalue weighted by atomic mass is 10.2. The molecule has 0 bridgehead atoms. The number of nitrogens with two attached hydrogens (primary N) is 1. The molecule has 3 nitrogen and oxygen atoms in total. The molecular weight excluding hydrogens is 245 g/mol. The normalized spacial score (nSPS) is 10.2. The van der Waals surface area contributed by atoms with E-state index in [0.29, 0.717) is 19.0 Å². The molecule has 0 aliphatic carbocycles. The first-order chi connectivity index (χ1) is 9.20. The standard InChI is InChI=1S/C15H16FNO2/c1-2-18-14-9-15(13(17)8-12(14)16)19-10-11-6-4-3-5-7-11/h3-9H,2,10,17H2,1H3.